The van der Waals surface area contributed by atoms with E-state index in [0.717, 1.165) is 47.4 Å². The molecule has 3 rings (SSSR count). The van der Waals surface area contributed by atoms with Crippen molar-refractivity contribution in [2.45, 2.75) is 25.4 Å². The van der Waals surface area contributed by atoms with Crippen molar-refractivity contribution < 1.29 is 5.11 Å². The number of rotatable bonds is 4. The summed E-state index contributed by atoms with van der Waals surface area (Å²) < 4.78 is 1.01. The standard InChI is InChI=1S/C18H21BrN2O/c1-14-4-2-7-17(20-14)8-10-21-11-9-18(22,13-21)15-5-3-6-16(19)12-15/h2-7,12,22H,8-11,13H2,1H3. The first kappa shape index (κ1) is 15.7. The molecule has 3 nitrogen and oxygen atoms in total. The van der Waals surface area contributed by atoms with Gasteiger partial charge in [-0.25, -0.2) is 0 Å². The molecule has 116 valence electrons. The third kappa shape index (κ3) is 3.57. The van der Waals surface area contributed by atoms with Crippen LogP contribution in [0.1, 0.15) is 23.4 Å². The Hall–Kier alpha value is -1.23. The summed E-state index contributed by atoms with van der Waals surface area (Å²) in [4.78, 5) is 6.87. The van der Waals surface area contributed by atoms with Gasteiger partial charge in [0.1, 0.15) is 5.60 Å². The van der Waals surface area contributed by atoms with Crippen LogP contribution in [0.25, 0.3) is 0 Å². The predicted molar refractivity (Wildman–Crippen MR) is 91.8 cm³/mol. The van der Waals surface area contributed by atoms with Gasteiger partial charge in [0, 0.05) is 41.9 Å². The summed E-state index contributed by atoms with van der Waals surface area (Å²) in [5.74, 6) is 0. The van der Waals surface area contributed by atoms with Gasteiger partial charge in [-0.15, -0.1) is 0 Å². The van der Waals surface area contributed by atoms with Crippen LogP contribution in [0, 0.1) is 6.92 Å². The van der Waals surface area contributed by atoms with Gasteiger partial charge in [-0.05, 0) is 43.2 Å². The maximum atomic E-state index is 10.9. The van der Waals surface area contributed by atoms with Crippen molar-refractivity contribution in [3.63, 3.8) is 0 Å². The van der Waals surface area contributed by atoms with E-state index in [9.17, 15) is 5.11 Å². The molecule has 0 amide bonds. The van der Waals surface area contributed by atoms with Crippen molar-refractivity contribution in [1.82, 2.24) is 9.88 Å². The summed E-state index contributed by atoms with van der Waals surface area (Å²) in [6.45, 7) is 4.57. The number of aryl methyl sites for hydroxylation is 1. The van der Waals surface area contributed by atoms with E-state index < -0.39 is 5.60 Å². The molecular weight excluding hydrogens is 340 g/mol. The van der Waals surface area contributed by atoms with Gasteiger partial charge < -0.3 is 5.11 Å². The van der Waals surface area contributed by atoms with Crippen LogP contribution in [-0.2, 0) is 12.0 Å². The third-order valence-electron chi connectivity index (χ3n) is 4.32. The number of hydrogen-bond donors (Lipinski definition) is 1. The Morgan fingerprint density at radius 1 is 1.27 bits per heavy atom. The Labute approximate surface area is 140 Å². The molecule has 1 fully saturated rings. The monoisotopic (exact) mass is 360 g/mol. The van der Waals surface area contributed by atoms with Gasteiger partial charge in [0.2, 0.25) is 0 Å². The van der Waals surface area contributed by atoms with Crippen LogP contribution in [0.15, 0.2) is 46.9 Å². The number of benzene rings is 1. The summed E-state index contributed by atoms with van der Waals surface area (Å²) in [6, 6.07) is 14.1. The summed E-state index contributed by atoms with van der Waals surface area (Å²) in [5, 5.41) is 10.9. The smallest absolute Gasteiger partial charge is 0.103 e. The first-order valence-corrected chi connectivity index (χ1v) is 8.48. The van der Waals surface area contributed by atoms with Gasteiger partial charge in [-0.1, -0.05) is 34.1 Å². The number of halogens is 1. The van der Waals surface area contributed by atoms with Crippen LogP contribution in [0.3, 0.4) is 0 Å². The van der Waals surface area contributed by atoms with E-state index in [2.05, 4.69) is 37.9 Å². The average molecular weight is 361 g/mol. The van der Waals surface area contributed by atoms with Crippen LogP contribution in [-0.4, -0.2) is 34.6 Å². The topological polar surface area (TPSA) is 36.4 Å². The van der Waals surface area contributed by atoms with E-state index in [1.165, 1.54) is 0 Å². The second-order valence-electron chi connectivity index (χ2n) is 6.09. The number of β-amino-alcohol motifs (C(OH)–C–C–N with tert-alkyl or cyclic N) is 1. The number of likely N-dealkylation sites (tertiary alicyclic amines) is 1. The zero-order valence-corrected chi connectivity index (χ0v) is 14.4. The Bertz CT molecular complexity index is 661. The van der Waals surface area contributed by atoms with Crippen molar-refractivity contribution in [3.8, 4) is 0 Å². The molecule has 1 aromatic carbocycles. The fourth-order valence-electron chi connectivity index (χ4n) is 3.09. The normalized spacial score (nSPS) is 22.1. The van der Waals surface area contributed by atoms with Gasteiger partial charge >= 0.3 is 0 Å². The second kappa shape index (κ2) is 6.49. The van der Waals surface area contributed by atoms with Crippen molar-refractivity contribution in [3.05, 3.63) is 63.9 Å². The molecule has 1 atom stereocenters. The number of pyridine rings is 1. The highest BCUT2D eigenvalue weighted by atomic mass is 79.9. The van der Waals surface area contributed by atoms with Gasteiger partial charge in [-0.3, -0.25) is 9.88 Å². The van der Waals surface area contributed by atoms with E-state index in [1.54, 1.807) is 0 Å². The van der Waals surface area contributed by atoms with Crippen molar-refractivity contribution in [2.75, 3.05) is 19.6 Å². The van der Waals surface area contributed by atoms with Crippen LogP contribution in [0.5, 0.6) is 0 Å². The molecule has 4 heteroatoms. The van der Waals surface area contributed by atoms with E-state index >= 15 is 0 Å². The highest BCUT2D eigenvalue weighted by Gasteiger charge is 2.37. The lowest BCUT2D eigenvalue weighted by Crippen LogP contribution is -2.31. The van der Waals surface area contributed by atoms with Gasteiger partial charge in [0.15, 0.2) is 0 Å². The summed E-state index contributed by atoms with van der Waals surface area (Å²) in [5.41, 5.74) is 2.45. The molecular formula is C18H21BrN2O. The lowest BCUT2D eigenvalue weighted by molar-refractivity contribution is 0.0462. The Kier molecular flexibility index (Phi) is 4.62. The molecule has 0 radical (unpaired) electrons. The van der Waals surface area contributed by atoms with Gasteiger partial charge in [-0.2, -0.15) is 0 Å². The predicted octanol–water partition coefficient (Wildman–Crippen LogP) is 3.29. The maximum Gasteiger partial charge on any atom is 0.103 e. The third-order valence-corrected chi connectivity index (χ3v) is 4.81. The molecule has 1 N–H and O–H groups in total. The highest BCUT2D eigenvalue weighted by Crippen LogP contribution is 2.33. The Morgan fingerprint density at radius 2 is 2.09 bits per heavy atom. The number of hydrogen-bond acceptors (Lipinski definition) is 3. The van der Waals surface area contributed by atoms with Crippen molar-refractivity contribution >= 4 is 15.9 Å². The van der Waals surface area contributed by atoms with Crippen LogP contribution in [0.4, 0.5) is 0 Å². The molecule has 0 aliphatic carbocycles. The largest absolute Gasteiger partial charge is 0.384 e. The van der Waals surface area contributed by atoms with Gasteiger partial charge in [0.25, 0.3) is 0 Å². The lowest BCUT2D eigenvalue weighted by Gasteiger charge is -2.24. The fraction of sp³-hybridized carbons (Fsp3) is 0.389. The minimum absolute atomic E-state index is 0.690. The average Bonchev–Trinajstić information content (AvgIpc) is 2.88. The van der Waals surface area contributed by atoms with E-state index in [0.29, 0.717) is 6.54 Å². The molecule has 0 spiro atoms. The first-order valence-electron chi connectivity index (χ1n) is 7.68. The van der Waals surface area contributed by atoms with E-state index in [1.807, 2.05) is 37.3 Å². The Morgan fingerprint density at radius 3 is 2.86 bits per heavy atom. The lowest BCUT2D eigenvalue weighted by atomic mass is 9.93. The number of aromatic nitrogens is 1. The first-order chi connectivity index (χ1) is 10.5. The van der Waals surface area contributed by atoms with Crippen LogP contribution in [0.2, 0.25) is 0 Å². The molecule has 2 heterocycles. The molecule has 0 saturated carbocycles. The molecule has 22 heavy (non-hydrogen) atoms. The van der Waals surface area contributed by atoms with E-state index in [-0.39, 0.29) is 0 Å². The molecule has 1 aliphatic rings. The fourth-order valence-corrected chi connectivity index (χ4v) is 3.49. The molecule has 1 aromatic heterocycles. The van der Waals surface area contributed by atoms with Gasteiger partial charge in [0.05, 0.1) is 0 Å². The Balaban J connectivity index is 1.62. The quantitative estimate of drug-likeness (QED) is 0.908. The second-order valence-corrected chi connectivity index (χ2v) is 7.00. The number of aliphatic hydroxyl groups is 1. The van der Waals surface area contributed by atoms with Crippen molar-refractivity contribution in [1.29, 1.82) is 0 Å². The van der Waals surface area contributed by atoms with Crippen LogP contribution < -0.4 is 0 Å². The molecule has 1 aliphatic heterocycles. The van der Waals surface area contributed by atoms with Crippen molar-refractivity contribution in [2.24, 2.45) is 0 Å². The molecule has 1 saturated heterocycles. The number of nitrogens with zero attached hydrogens (tertiary/aromatic N) is 2. The molecule has 1 unspecified atom stereocenters. The molecule has 2 aromatic rings. The SMILES string of the molecule is Cc1cccc(CCN2CCC(O)(c3cccc(Br)c3)C2)n1. The van der Waals surface area contributed by atoms with E-state index in [4.69, 9.17) is 0 Å². The zero-order chi connectivity index (χ0) is 15.6. The zero-order valence-electron chi connectivity index (χ0n) is 12.8. The summed E-state index contributed by atoms with van der Waals surface area (Å²) in [7, 11) is 0. The maximum absolute atomic E-state index is 10.9. The minimum atomic E-state index is -0.732. The highest BCUT2D eigenvalue weighted by molar-refractivity contribution is 9.10. The summed E-state index contributed by atoms with van der Waals surface area (Å²) in [6.07, 6.45) is 1.71. The summed E-state index contributed by atoms with van der Waals surface area (Å²) >= 11 is 3.48. The molecule has 0 bridgehead atoms. The van der Waals surface area contributed by atoms with Crippen LogP contribution >= 0.6 is 15.9 Å². The minimum Gasteiger partial charge on any atom is -0.384 e.